The molecular formula is C18H23NO2. The Balaban J connectivity index is 1.77. The van der Waals surface area contributed by atoms with Crippen LogP contribution in [-0.2, 0) is 6.54 Å². The molecule has 0 bridgehead atoms. The predicted octanol–water partition coefficient (Wildman–Crippen LogP) is 3.68. The first-order valence-corrected chi connectivity index (χ1v) is 7.32. The maximum atomic E-state index is 9.89. The van der Waals surface area contributed by atoms with Crippen molar-refractivity contribution in [3.8, 4) is 11.5 Å². The SMILES string of the molecule is COc1ccc(CNCCC(C)c2ccccc2)c(O)c1. The Kier molecular flexibility index (Phi) is 5.64. The Morgan fingerprint density at radius 1 is 1.14 bits per heavy atom. The third-order valence-corrected chi connectivity index (χ3v) is 3.73. The number of phenols is 1. The van der Waals surface area contributed by atoms with Crippen molar-refractivity contribution in [2.24, 2.45) is 0 Å². The Morgan fingerprint density at radius 3 is 2.57 bits per heavy atom. The molecule has 0 fully saturated rings. The van der Waals surface area contributed by atoms with Crippen molar-refractivity contribution in [1.29, 1.82) is 0 Å². The van der Waals surface area contributed by atoms with E-state index < -0.39 is 0 Å². The Bertz CT molecular complexity index is 554. The summed E-state index contributed by atoms with van der Waals surface area (Å²) in [6.45, 7) is 3.82. The van der Waals surface area contributed by atoms with Crippen molar-refractivity contribution in [2.75, 3.05) is 13.7 Å². The van der Waals surface area contributed by atoms with Crippen LogP contribution >= 0.6 is 0 Å². The predicted molar refractivity (Wildman–Crippen MR) is 85.8 cm³/mol. The summed E-state index contributed by atoms with van der Waals surface area (Å²) in [6, 6.07) is 15.9. The minimum Gasteiger partial charge on any atom is -0.507 e. The van der Waals surface area contributed by atoms with Crippen LogP contribution in [0.15, 0.2) is 48.5 Å². The number of ether oxygens (including phenoxy) is 1. The molecule has 2 aromatic rings. The molecule has 0 aliphatic heterocycles. The third kappa shape index (κ3) is 4.50. The van der Waals surface area contributed by atoms with Gasteiger partial charge in [0, 0.05) is 18.2 Å². The molecule has 0 aromatic heterocycles. The van der Waals surface area contributed by atoms with Crippen LogP contribution in [0.5, 0.6) is 11.5 Å². The normalized spacial score (nSPS) is 12.1. The Labute approximate surface area is 126 Å². The summed E-state index contributed by atoms with van der Waals surface area (Å²) in [7, 11) is 1.59. The van der Waals surface area contributed by atoms with Crippen LogP contribution in [0.4, 0.5) is 0 Å². The number of methoxy groups -OCH3 is 1. The molecule has 0 aliphatic carbocycles. The lowest BCUT2D eigenvalue weighted by molar-refractivity contribution is 0.406. The van der Waals surface area contributed by atoms with E-state index in [1.807, 2.05) is 18.2 Å². The second kappa shape index (κ2) is 7.70. The minimum atomic E-state index is 0.276. The first-order chi connectivity index (χ1) is 10.2. The maximum absolute atomic E-state index is 9.89. The van der Waals surface area contributed by atoms with Gasteiger partial charge in [0.25, 0.3) is 0 Å². The molecule has 1 unspecified atom stereocenters. The van der Waals surface area contributed by atoms with Gasteiger partial charge in [0.05, 0.1) is 7.11 Å². The smallest absolute Gasteiger partial charge is 0.123 e. The van der Waals surface area contributed by atoms with Crippen LogP contribution in [0.3, 0.4) is 0 Å². The summed E-state index contributed by atoms with van der Waals surface area (Å²) >= 11 is 0. The van der Waals surface area contributed by atoms with Crippen molar-refractivity contribution in [3.05, 3.63) is 59.7 Å². The molecule has 0 amide bonds. The molecule has 0 spiro atoms. The molecule has 0 aliphatic rings. The van der Waals surface area contributed by atoms with E-state index in [0.29, 0.717) is 18.2 Å². The lowest BCUT2D eigenvalue weighted by Crippen LogP contribution is -2.16. The molecule has 3 nitrogen and oxygen atoms in total. The van der Waals surface area contributed by atoms with Crippen LogP contribution in [0.2, 0.25) is 0 Å². The lowest BCUT2D eigenvalue weighted by atomic mass is 9.98. The van der Waals surface area contributed by atoms with E-state index in [1.54, 1.807) is 13.2 Å². The van der Waals surface area contributed by atoms with Crippen LogP contribution in [0, 0.1) is 0 Å². The molecule has 1 atom stereocenters. The molecule has 0 heterocycles. The van der Waals surface area contributed by atoms with Crippen LogP contribution in [-0.4, -0.2) is 18.8 Å². The molecule has 0 radical (unpaired) electrons. The number of hydrogen-bond donors (Lipinski definition) is 2. The van der Waals surface area contributed by atoms with Gasteiger partial charge in [-0.1, -0.05) is 43.3 Å². The number of phenolic OH excluding ortho intramolecular Hbond substituents is 1. The highest BCUT2D eigenvalue weighted by Crippen LogP contribution is 2.23. The van der Waals surface area contributed by atoms with Gasteiger partial charge < -0.3 is 15.2 Å². The summed E-state index contributed by atoms with van der Waals surface area (Å²) in [6.07, 6.45) is 1.07. The van der Waals surface area contributed by atoms with E-state index in [4.69, 9.17) is 4.74 Å². The number of benzene rings is 2. The van der Waals surface area contributed by atoms with Gasteiger partial charge in [-0.25, -0.2) is 0 Å². The van der Waals surface area contributed by atoms with Gasteiger partial charge in [0.15, 0.2) is 0 Å². The molecular weight excluding hydrogens is 262 g/mol. The highest BCUT2D eigenvalue weighted by atomic mass is 16.5. The van der Waals surface area contributed by atoms with Gasteiger partial charge in [-0.15, -0.1) is 0 Å². The minimum absolute atomic E-state index is 0.276. The zero-order valence-corrected chi connectivity index (χ0v) is 12.7. The second-order valence-corrected chi connectivity index (χ2v) is 5.27. The average Bonchev–Trinajstić information content (AvgIpc) is 2.53. The van der Waals surface area contributed by atoms with Gasteiger partial charge in [0.1, 0.15) is 11.5 Å². The fourth-order valence-corrected chi connectivity index (χ4v) is 2.31. The molecule has 2 rings (SSSR count). The number of nitrogens with one attached hydrogen (secondary N) is 1. The van der Waals surface area contributed by atoms with Crippen molar-refractivity contribution in [2.45, 2.75) is 25.8 Å². The van der Waals surface area contributed by atoms with Gasteiger partial charge in [-0.05, 0) is 30.5 Å². The van der Waals surface area contributed by atoms with Crippen LogP contribution in [0.1, 0.15) is 30.4 Å². The summed E-state index contributed by atoms with van der Waals surface area (Å²) in [5.74, 6) is 1.48. The van der Waals surface area contributed by atoms with Gasteiger partial charge in [0.2, 0.25) is 0 Å². The fourth-order valence-electron chi connectivity index (χ4n) is 2.31. The average molecular weight is 285 g/mol. The van der Waals surface area contributed by atoms with Gasteiger partial charge in [-0.3, -0.25) is 0 Å². The van der Waals surface area contributed by atoms with E-state index in [2.05, 4.69) is 36.5 Å². The Hall–Kier alpha value is -2.00. The summed E-state index contributed by atoms with van der Waals surface area (Å²) in [5.41, 5.74) is 2.26. The molecule has 0 saturated heterocycles. The maximum Gasteiger partial charge on any atom is 0.123 e. The first kappa shape index (κ1) is 15.4. The third-order valence-electron chi connectivity index (χ3n) is 3.73. The van der Waals surface area contributed by atoms with Gasteiger partial charge >= 0.3 is 0 Å². The van der Waals surface area contributed by atoms with E-state index in [-0.39, 0.29) is 5.75 Å². The highest BCUT2D eigenvalue weighted by molar-refractivity contribution is 5.39. The number of rotatable bonds is 7. The Morgan fingerprint density at radius 2 is 1.90 bits per heavy atom. The molecule has 112 valence electrons. The first-order valence-electron chi connectivity index (χ1n) is 7.32. The molecule has 0 saturated carbocycles. The number of hydrogen-bond acceptors (Lipinski definition) is 3. The fraction of sp³-hybridized carbons (Fsp3) is 0.333. The second-order valence-electron chi connectivity index (χ2n) is 5.27. The molecule has 2 N–H and O–H groups in total. The molecule has 2 aromatic carbocycles. The largest absolute Gasteiger partial charge is 0.507 e. The highest BCUT2D eigenvalue weighted by Gasteiger charge is 2.05. The summed E-state index contributed by atoms with van der Waals surface area (Å²) in [4.78, 5) is 0. The van der Waals surface area contributed by atoms with Gasteiger partial charge in [-0.2, -0.15) is 0 Å². The van der Waals surface area contributed by atoms with Crippen LogP contribution < -0.4 is 10.1 Å². The quantitative estimate of drug-likeness (QED) is 0.762. The standard InChI is InChI=1S/C18H23NO2/c1-14(15-6-4-3-5-7-15)10-11-19-13-16-8-9-17(21-2)12-18(16)20/h3-9,12,14,19-20H,10-11,13H2,1-2H3. The zero-order valence-electron chi connectivity index (χ0n) is 12.7. The monoisotopic (exact) mass is 285 g/mol. The van der Waals surface area contributed by atoms with Crippen LogP contribution in [0.25, 0.3) is 0 Å². The van der Waals surface area contributed by atoms with Crippen molar-refractivity contribution in [1.82, 2.24) is 5.32 Å². The van der Waals surface area contributed by atoms with Crippen molar-refractivity contribution >= 4 is 0 Å². The van der Waals surface area contributed by atoms with Crippen molar-refractivity contribution in [3.63, 3.8) is 0 Å². The molecule has 3 heteroatoms. The zero-order chi connectivity index (χ0) is 15.1. The summed E-state index contributed by atoms with van der Waals surface area (Å²) in [5, 5.41) is 13.3. The topological polar surface area (TPSA) is 41.5 Å². The lowest BCUT2D eigenvalue weighted by Gasteiger charge is -2.13. The summed E-state index contributed by atoms with van der Waals surface area (Å²) < 4.78 is 5.08. The van der Waals surface area contributed by atoms with E-state index >= 15 is 0 Å². The van der Waals surface area contributed by atoms with Crippen molar-refractivity contribution < 1.29 is 9.84 Å². The number of aromatic hydroxyl groups is 1. The van der Waals surface area contributed by atoms with E-state index in [9.17, 15) is 5.11 Å². The van der Waals surface area contributed by atoms with E-state index in [0.717, 1.165) is 18.5 Å². The molecule has 21 heavy (non-hydrogen) atoms. The van der Waals surface area contributed by atoms with E-state index in [1.165, 1.54) is 5.56 Å².